The molecule has 3 N–H and O–H groups in total. The Morgan fingerprint density at radius 1 is 0.974 bits per heavy atom. The third kappa shape index (κ3) is 5.03. The van der Waals surface area contributed by atoms with Crippen LogP contribution in [0.3, 0.4) is 0 Å². The SMILES string of the molecule is OC1CCC(Nc2nc(Nc3ccc4c(c3)OCO4)c3ncn(Cc4ccc(C(F)(F)F)cc4)c3n2)CC1. The van der Waals surface area contributed by atoms with Gasteiger partial charge in [-0.3, -0.25) is 0 Å². The first-order valence-electron chi connectivity index (χ1n) is 12.3. The highest BCUT2D eigenvalue weighted by Gasteiger charge is 2.30. The Morgan fingerprint density at radius 3 is 2.50 bits per heavy atom. The van der Waals surface area contributed by atoms with E-state index in [0.29, 0.717) is 52.8 Å². The first-order valence-corrected chi connectivity index (χ1v) is 12.3. The van der Waals surface area contributed by atoms with Gasteiger partial charge in [0.2, 0.25) is 12.7 Å². The molecule has 1 saturated carbocycles. The summed E-state index contributed by atoms with van der Waals surface area (Å²) in [5.41, 5.74) is 1.74. The lowest BCUT2D eigenvalue weighted by Gasteiger charge is -2.26. The number of anilines is 3. The van der Waals surface area contributed by atoms with Crippen LogP contribution < -0.4 is 20.1 Å². The summed E-state index contributed by atoms with van der Waals surface area (Å²) in [4.78, 5) is 13.9. The van der Waals surface area contributed by atoms with E-state index in [1.807, 2.05) is 12.1 Å². The van der Waals surface area contributed by atoms with Crippen molar-refractivity contribution in [2.75, 3.05) is 17.4 Å². The van der Waals surface area contributed by atoms with Crippen LogP contribution in [-0.4, -0.2) is 43.6 Å². The van der Waals surface area contributed by atoms with Crippen molar-refractivity contribution in [2.45, 2.75) is 50.6 Å². The minimum Gasteiger partial charge on any atom is -0.454 e. The molecule has 2 aliphatic rings. The van der Waals surface area contributed by atoms with Crippen LogP contribution in [0, 0.1) is 0 Å². The van der Waals surface area contributed by atoms with Crippen LogP contribution in [0.2, 0.25) is 0 Å². The molecule has 12 heteroatoms. The zero-order valence-corrected chi connectivity index (χ0v) is 20.2. The van der Waals surface area contributed by atoms with Gasteiger partial charge in [0.25, 0.3) is 0 Å². The fraction of sp³-hybridized carbons (Fsp3) is 0.346. The first-order chi connectivity index (χ1) is 18.3. The largest absolute Gasteiger partial charge is 0.454 e. The predicted octanol–water partition coefficient (Wildman–Crippen LogP) is 5.08. The molecule has 2 aromatic heterocycles. The van der Waals surface area contributed by atoms with Crippen LogP contribution in [0.15, 0.2) is 48.8 Å². The molecule has 0 bridgehead atoms. The molecule has 0 amide bonds. The van der Waals surface area contributed by atoms with Gasteiger partial charge < -0.3 is 29.8 Å². The molecular formula is C26H25F3N6O3. The number of benzene rings is 2. The Hall–Kier alpha value is -4.06. The molecule has 3 heterocycles. The van der Waals surface area contributed by atoms with Crippen LogP contribution in [0.5, 0.6) is 11.5 Å². The first kappa shape index (κ1) is 24.3. The van der Waals surface area contributed by atoms with E-state index in [-0.39, 0.29) is 25.5 Å². The number of fused-ring (bicyclic) bond motifs is 2. The molecule has 0 atom stereocenters. The van der Waals surface area contributed by atoms with Crippen molar-refractivity contribution in [3.63, 3.8) is 0 Å². The molecule has 6 rings (SSSR count). The second-order valence-corrected chi connectivity index (χ2v) is 9.48. The maximum absolute atomic E-state index is 13.0. The van der Waals surface area contributed by atoms with Gasteiger partial charge in [-0.2, -0.15) is 23.1 Å². The summed E-state index contributed by atoms with van der Waals surface area (Å²) in [6.07, 6.45) is -0.0929. The zero-order chi connectivity index (χ0) is 26.3. The number of nitrogens with one attached hydrogen (secondary N) is 2. The summed E-state index contributed by atoms with van der Waals surface area (Å²) in [6, 6.07) is 10.6. The molecule has 0 unspecified atom stereocenters. The van der Waals surface area contributed by atoms with E-state index in [1.165, 1.54) is 12.1 Å². The summed E-state index contributed by atoms with van der Waals surface area (Å²) in [5.74, 6) is 2.15. The maximum atomic E-state index is 13.0. The summed E-state index contributed by atoms with van der Waals surface area (Å²) in [7, 11) is 0. The van der Waals surface area contributed by atoms with Crippen LogP contribution in [0.4, 0.5) is 30.6 Å². The average Bonchev–Trinajstić information content (AvgIpc) is 3.52. The topological polar surface area (TPSA) is 106 Å². The molecule has 4 aromatic rings. The van der Waals surface area contributed by atoms with Crippen molar-refractivity contribution in [3.8, 4) is 11.5 Å². The Kier molecular flexibility index (Phi) is 6.18. The summed E-state index contributed by atoms with van der Waals surface area (Å²) in [6.45, 7) is 0.444. The third-order valence-corrected chi connectivity index (χ3v) is 6.76. The van der Waals surface area contributed by atoms with Gasteiger partial charge in [-0.25, -0.2) is 4.98 Å². The Morgan fingerprint density at radius 2 is 1.74 bits per heavy atom. The number of halogens is 3. The third-order valence-electron chi connectivity index (χ3n) is 6.76. The number of aliphatic hydroxyl groups is 1. The summed E-state index contributed by atoms with van der Waals surface area (Å²) < 4.78 is 51.6. The second-order valence-electron chi connectivity index (χ2n) is 9.48. The number of alkyl halides is 3. The number of hydrogen-bond donors (Lipinski definition) is 3. The van der Waals surface area contributed by atoms with E-state index < -0.39 is 11.7 Å². The number of imidazole rings is 1. The zero-order valence-electron chi connectivity index (χ0n) is 20.2. The highest BCUT2D eigenvalue weighted by molar-refractivity contribution is 5.87. The van der Waals surface area contributed by atoms with Crippen molar-refractivity contribution in [3.05, 3.63) is 59.9 Å². The molecule has 0 saturated heterocycles. The lowest BCUT2D eigenvalue weighted by atomic mass is 9.93. The fourth-order valence-electron chi connectivity index (χ4n) is 4.72. The Labute approximate surface area is 215 Å². The molecule has 198 valence electrons. The van der Waals surface area contributed by atoms with Crippen molar-refractivity contribution in [1.29, 1.82) is 0 Å². The molecule has 1 aliphatic heterocycles. The molecule has 0 radical (unpaired) electrons. The molecule has 1 fully saturated rings. The minimum absolute atomic E-state index is 0.112. The van der Waals surface area contributed by atoms with Crippen LogP contribution in [0.25, 0.3) is 11.2 Å². The van der Waals surface area contributed by atoms with Gasteiger partial charge in [0.1, 0.15) is 0 Å². The van der Waals surface area contributed by atoms with Gasteiger partial charge in [-0.1, -0.05) is 12.1 Å². The smallest absolute Gasteiger partial charge is 0.416 e. The standard InChI is InChI=1S/C26H25F3N6O3/c27-26(28,29)16-3-1-15(2-4-16)12-35-13-30-22-23(31-18-7-10-20-21(11-18)38-14-37-20)33-25(34-24(22)35)32-17-5-8-19(36)9-6-17/h1-4,7,10-11,13,17,19,36H,5-6,8-9,12,14H2,(H2,31,32,33,34). The minimum atomic E-state index is -4.39. The van der Waals surface area contributed by atoms with E-state index in [0.717, 1.165) is 30.7 Å². The van der Waals surface area contributed by atoms with E-state index in [9.17, 15) is 18.3 Å². The van der Waals surface area contributed by atoms with Gasteiger partial charge in [0.05, 0.1) is 24.5 Å². The van der Waals surface area contributed by atoms with Crippen LogP contribution in [0.1, 0.15) is 36.8 Å². The van der Waals surface area contributed by atoms with Gasteiger partial charge in [0, 0.05) is 17.8 Å². The van der Waals surface area contributed by atoms with Gasteiger partial charge in [0.15, 0.2) is 28.5 Å². The van der Waals surface area contributed by atoms with E-state index in [1.54, 1.807) is 17.0 Å². The lowest BCUT2D eigenvalue weighted by molar-refractivity contribution is -0.137. The van der Waals surface area contributed by atoms with Crippen molar-refractivity contribution in [2.24, 2.45) is 0 Å². The average molecular weight is 527 g/mol. The number of ether oxygens (including phenoxy) is 2. The maximum Gasteiger partial charge on any atom is 0.416 e. The van der Waals surface area contributed by atoms with Gasteiger partial charge in [-0.15, -0.1) is 0 Å². The molecule has 38 heavy (non-hydrogen) atoms. The number of nitrogens with zero attached hydrogens (tertiary/aromatic N) is 4. The number of aromatic nitrogens is 4. The quantitative estimate of drug-likeness (QED) is 0.319. The highest BCUT2D eigenvalue weighted by atomic mass is 19.4. The summed E-state index contributed by atoms with van der Waals surface area (Å²) in [5, 5.41) is 16.5. The Bertz CT molecular complexity index is 1450. The van der Waals surface area contributed by atoms with E-state index in [2.05, 4.69) is 15.6 Å². The number of aliphatic hydroxyl groups excluding tert-OH is 1. The van der Waals surface area contributed by atoms with Crippen molar-refractivity contribution < 1.29 is 27.8 Å². The predicted molar refractivity (Wildman–Crippen MR) is 134 cm³/mol. The second kappa shape index (κ2) is 9.67. The van der Waals surface area contributed by atoms with Gasteiger partial charge in [-0.05, 0) is 55.5 Å². The van der Waals surface area contributed by atoms with Gasteiger partial charge >= 0.3 is 6.18 Å². The van der Waals surface area contributed by atoms with Crippen molar-refractivity contribution in [1.82, 2.24) is 19.5 Å². The lowest BCUT2D eigenvalue weighted by Crippen LogP contribution is -2.29. The van der Waals surface area contributed by atoms with Crippen molar-refractivity contribution >= 4 is 28.6 Å². The van der Waals surface area contributed by atoms with E-state index in [4.69, 9.17) is 19.4 Å². The normalized spacial score (nSPS) is 19.1. The number of hydrogen-bond acceptors (Lipinski definition) is 8. The monoisotopic (exact) mass is 526 g/mol. The summed E-state index contributed by atoms with van der Waals surface area (Å²) >= 11 is 0. The Balaban J connectivity index is 1.33. The molecule has 9 nitrogen and oxygen atoms in total. The van der Waals surface area contributed by atoms with E-state index >= 15 is 0 Å². The molecule has 0 spiro atoms. The van der Waals surface area contributed by atoms with Crippen LogP contribution in [-0.2, 0) is 12.7 Å². The molecule has 2 aromatic carbocycles. The van der Waals surface area contributed by atoms with Crippen LogP contribution >= 0.6 is 0 Å². The highest BCUT2D eigenvalue weighted by Crippen LogP contribution is 2.36. The fourth-order valence-corrected chi connectivity index (χ4v) is 4.72. The molecule has 1 aliphatic carbocycles. The molecular weight excluding hydrogens is 501 g/mol. The number of rotatable bonds is 6.